The van der Waals surface area contributed by atoms with Gasteiger partial charge in [-0.15, -0.1) is 0 Å². The first-order valence-electron chi connectivity index (χ1n) is 8.48. The topological polar surface area (TPSA) is 59.3 Å². The monoisotopic (exact) mass is 334 g/mol. The number of fused-ring (bicyclic) bond motifs is 1. The summed E-state index contributed by atoms with van der Waals surface area (Å²) in [5.41, 5.74) is 6.32. The number of nitrogens with one attached hydrogen (secondary N) is 1. The van der Waals surface area contributed by atoms with Crippen LogP contribution in [0.4, 0.5) is 5.95 Å². The molecule has 3 rings (SSSR count). The molecule has 0 aliphatic rings. The van der Waals surface area contributed by atoms with Gasteiger partial charge in [-0.25, -0.2) is 15.0 Å². The van der Waals surface area contributed by atoms with E-state index >= 15 is 0 Å². The maximum absolute atomic E-state index is 13.1. The summed E-state index contributed by atoms with van der Waals surface area (Å²) >= 11 is 0. The van der Waals surface area contributed by atoms with Crippen molar-refractivity contribution in [3.63, 3.8) is 0 Å². The van der Waals surface area contributed by atoms with Gasteiger partial charge in [-0.2, -0.15) is 5.10 Å². The molecule has 128 valence electrons. The van der Waals surface area contributed by atoms with Gasteiger partial charge in [0.1, 0.15) is 0 Å². The Morgan fingerprint density at radius 1 is 1.16 bits per heavy atom. The van der Waals surface area contributed by atoms with Crippen LogP contribution in [0.1, 0.15) is 32.3 Å². The Balaban J connectivity index is 2.23. The Hall–Kier alpha value is -2.95. The summed E-state index contributed by atoms with van der Waals surface area (Å²) < 4.78 is 1.60. The van der Waals surface area contributed by atoms with Gasteiger partial charge in [0.05, 0.1) is 16.6 Å². The van der Waals surface area contributed by atoms with Crippen LogP contribution in [0.2, 0.25) is 0 Å². The van der Waals surface area contributed by atoms with Crippen LogP contribution in [0.25, 0.3) is 16.6 Å². The molecule has 0 bridgehead atoms. The summed E-state index contributed by atoms with van der Waals surface area (Å²) in [4.78, 5) is 17.7. The van der Waals surface area contributed by atoms with Crippen LogP contribution >= 0.6 is 0 Å². The molecule has 0 spiro atoms. The van der Waals surface area contributed by atoms with Crippen LogP contribution in [-0.4, -0.2) is 15.3 Å². The molecule has 0 unspecified atom stereocenters. The van der Waals surface area contributed by atoms with Crippen molar-refractivity contribution in [3.8, 4) is 5.69 Å². The van der Waals surface area contributed by atoms with Gasteiger partial charge in [-0.3, -0.25) is 4.79 Å². The number of benzene rings is 2. The Kier molecular flexibility index (Phi) is 4.93. The first kappa shape index (κ1) is 16.9. The fourth-order valence-electron chi connectivity index (χ4n) is 2.81. The summed E-state index contributed by atoms with van der Waals surface area (Å²) in [5.74, 6) is 0.424. The molecule has 0 saturated heterocycles. The highest BCUT2D eigenvalue weighted by molar-refractivity contribution is 5.83. The van der Waals surface area contributed by atoms with Crippen LogP contribution in [0.3, 0.4) is 0 Å². The SMILES string of the molecule is CCC/C(C)=N/Nc1nc2ccccc2c(=O)n1-c1ccccc1C. The van der Waals surface area contributed by atoms with Crippen LogP contribution < -0.4 is 11.0 Å². The molecule has 1 aromatic heterocycles. The molecule has 5 nitrogen and oxygen atoms in total. The minimum atomic E-state index is -0.106. The van der Waals surface area contributed by atoms with E-state index in [0.717, 1.165) is 29.8 Å². The van der Waals surface area contributed by atoms with Crippen LogP contribution in [0.5, 0.6) is 0 Å². The standard InChI is InChI=1S/C20H22N4O/c1-4-9-15(3)22-23-20-21-17-12-7-6-11-16(17)19(25)24(20)18-13-8-5-10-14(18)2/h5-8,10-13H,4,9H2,1-3H3,(H,21,23)/b22-15+. The van der Waals surface area contributed by atoms with Crippen LogP contribution in [-0.2, 0) is 0 Å². The predicted molar refractivity (Wildman–Crippen MR) is 104 cm³/mol. The van der Waals surface area contributed by atoms with Gasteiger partial charge in [-0.05, 0) is 44.0 Å². The molecule has 0 fully saturated rings. The normalized spacial score (nSPS) is 11.7. The molecule has 0 aliphatic carbocycles. The maximum Gasteiger partial charge on any atom is 0.267 e. The number of hydrogen-bond donors (Lipinski definition) is 1. The molecule has 0 radical (unpaired) electrons. The van der Waals surface area contributed by atoms with E-state index < -0.39 is 0 Å². The van der Waals surface area contributed by atoms with Crippen molar-refractivity contribution in [2.75, 3.05) is 5.43 Å². The first-order valence-corrected chi connectivity index (χ1v) is 8.48. The quantitative estimate of drug-likeness (QED) is 0.559. The molecule has 2 aromatic carbocycles. The van der Waals surface area contributed by atoms with E-state index in [1.807, 2.05) is 56.3 Å². The lowest BCUT2D eigenvalue weighted by Crippen LogP contribution is -2.23. The van der Waals surface area contributed by atoms with Crippen LogP contribution in [0.15, 0.2) is 58.4 Å². The molecule has 0 aliphatic heterocycles. The molecule has 0 amide bonds. The average Bonchev–Trinajstić information content (AvgIpc) is 2.61. The lowest BCUT2D eigenvalue weighted by atomic mass is 10.2. The van der Waals surface area contributed by atoms with Gasteiger partial charge in [0.15, 0.2) is 0 Å². The zero-order chi connectivity index (χ0) is 17.8. The largest absolute Gasteiger partial charge is 0.268 e. The lowest BCUT2D eigenvalue weighted by Gasteiger charge is -2.15. The second-order valence-electron chi connectivity index (χ2n) is 6.09. The van der Waals surface area contributed by atoms with Crippen molar-refractivity contribution in [3.05, 3.63) is 64.4 Å². The van der Waals surface area contributed by atoms with Crippen molar-refractivity contribution in [1.82, 2.24) is 9.55 Å². The molecule has 0 atom stereocenters. The second kappa shape index (κ2) is 7.30. The van der Waals surface area contributed by atoms with Crippen LogP contribution in [0, 0.1) is 6.92 Å². The molecule has 5 heteroatoms. The maximum atomic E-state index is 13.1. The number of aryl methyl sites for hydroxylation is 1. The van der Waals surface area contributed by atoms with E-state index in [0.29, 0.717) is 16.9 Å². The smallest absolute Gasteiger partial charge is 0.267 e. The van der Waals surface area contributed by atoms with Gasteiger partial charge < -0.3 is 0 Å². The summed E-state index contributed by atoms with van der Waals surface area (Å²) in [5, 5.41) is 4.98. The third-order valence-corrected chi connectivity index (χ3v) is 4.09. The van der Waals surface area contributed by atoms with Gasteiger partial charge in [0.2, 0.25) is 5.95 Å². The van der Waals surface area contributed by atoms with Gasteiger partial charge in [0, 0.05) is 5.71 Å². The number of anilines is 1. The summed E-state index contributed by atoms with van der Waals surface area (Å²) in [7, 11) is 0. The third kappa shape index (κ3) is 3.45. The summed E-state index contributed by atoms with van der Waals surface area (Å²) in [6.45, 7) is 6.05. The summed E-state index contributed by atoms with van der Waals surface area (Å²) in [6, 6.07) is 15.1. The van der Waals surface area contributed by atoms with E-state index in [9.17, 15) is 4.79 Å². The van der Waals surface area contributed by atoms with Crippen molar-refractivity contribution < 1.29 is 0 Å². The van der Waals surface area contributed by atoms with E-state index in [2.05, 4.69) is 22.4 Å². The molecule has 25 heavy (non-hydrogen) atoms. The molecule has 1 heterocycles. The zero-order valence-corrected chi connectivity index (χ0v) is 14.8. The number of para-hydroxylation sites is 2. The van der Waals surface area contributed by atoms with E-state index in [1.54, 1.807) is 10.6 Å². The minimum absolute atomic E-state index is 0.106. The highest BCUT2D eigenvalue weighted by atomic mass is 16.1. The molecule has 3 aromatic rings. The number of hydrogen-bond acceptors (Lipinski definition) is 4. The minimum Gasteiger partial charge on any atom is -0.268 e. The summed E-state index contributed by atoms with van der Waals surface area (Å²) in [6.07, 6.45) is 1.92. The highest BCUT2D eigenvalue weighted by Gasteiger charge is 2.13. The first-order chi connectivity index (χ1) is 12.1. The fourth-order valence-corrected chi connectivity index (χ4v) is 2.81. The van der Waals surface area contributed by atoms with Gasteiger partial charge >= 0.3 is 0 Å². The van der Waals surface area contributed by atoms with Gasteiger partial charge in [0.25, 0.3) is 5.56 Å². The Labute approximate surface area is 147 Å². The number of hydrazone groups is 1. The second-order valence-corrected chi connectivity index (χ2v) is 6.09. The van der Waals surface area contributed by atoms with Crippen molar-refractivity contribution >= 4 is 22.6 Å². The molecular weight excluding hydrogens is 312 g/mol. The fraction of sp³-hybridized carbons (Fsp3) is 0.250. The zero-order valence-electron chi connectivity index (χ0n) is 14.8. The van der Waals surface area contributed by atoms with Crippen molar-refractivity contribution in [2.45, 2.75) is 33.6 Å². The Morgan fingerprint density at radius 2 is 1.88 bits per heavy atom. The number of aromatic nitrogens is 2. The Morgan fingerprint density at radius 3 is 2.64 bits per heavy atom. The van der Waals surface area contributed by atoms with E-state index in [1.165, 1.54) is 0 Å². The van der Waals surface area contributed by atoms with Gasteiger partial charge in [-0.1, -0.05) is 43.7 Å². The van der Waals surface area contributed by atoms with E-state index in [4.69, 9.17) is 0 Å². The third-order valence-electron chi connectivity index (χ3n) is 4.09. The van der Waals surface area contributed by atoms with Crippen molar-refractivity contribution in [1.29, 1.82) is 0 Å². The number of rotatable bonds is 5. The molecular formula is C20H22N4O. The predicted octanol–water partition coefficient (Wildman–Crippen LogP) is 4.28. The molecule has 0 saturated carbocycles. The van der Waals surface area contributed by atoms with Crippen molar-refractivity contribution in [2.24, 2.45) is 5.10 Å². The lowest BCUT2D eigenvalue weighted by molar-refractivity contribution is 0.937. The van der Waals surface area contributed by atoms with E-state index in [-0.39, 0.29) is 5.56 Å². The molecule has 1 N–H and O–H groups in total. The highest BCUT2D eigenvalue weighted by Crippen LogP contribution is 2.19. The average molecular weight is 334 g/mol. The Bertz CT molecular complexity index is 988. The number of nitrogens with zero attached hydrogens (tertiary/aromatic N) is 3.